The maximum Gasteiger partial charge on any atom is 0.323 e. The minimum Gasteiger partial charge on any atom is -0.465 e. The van der Waals surface area contributed by atoms with Crippen LogP contribution in [-0.4, -0.2) is 73.8 Å². The monoisotopic (exact) mass is 581 g/mol. The summed E-state index contributed by atoms with van der Waals surface area (Å²) in [6, 6.07) is 7.68. The molecule has 0 spiro atoms. The third-order valence-corrected chi connectivity index (χ3v) is 9.15. The number of hydrogen-bond donors (Lipinski definition) is 4. The van der Waals surface area contributed by atoms with E-state index in [0.717, 1.165) is 0 Å². The van der Waals surface area contributed by atoms with Gasteiger partial charge in [-0.05, 0) is 44.7 Å². The number of aromatic nitrogens is 4. The summed E-state index contributed by atoms with van der Waals surface area (Å²) < 4.78 is 40.9. The molecule has 5 rings (SSSR count). The van der Waals surface area contributed by atoms with Crippen LogP contribution in [0.1, 0.15) is 27.0 Å². The van der Waals surface area contributed by atoms with Crippen LogP contribution in [0.2, 0.25) is 0 Å². The number of aliphatic hydroxyl groups is 1. The Morgan fingerprint density at radius 3 is 2.72 bits per heavy atom. The molecule has 1 saturated carbocycles. The smallest absolute Gasteiger partial charge is 0.323 e. The van der Waals surface area contributed by atoms with E-state index in [1.54, 1.807) is 51.2 Å². The Bertz CT molecular complexity index is 1450. The van der Waals surface area contributed by atoms with E-state index in [2.05, 4.69) is 25.4 Å². The second-order valence-electron chi connectivity index (χ2n) is 9.35. The molecule has 39 heavy (non-hydrogen) atoms. The van der Waals surface area contributed by atoms with Gasteiger partial charge in [-0.1, -0.05) is 18.2 Å². The molecule has 2 aliphatic rings. The fraction of sp³-hybridized carbons (Fsp3) is 0.478. The highest BCUT2D eigenvalue weighted by atomic mass is 32.5. The second-order valence-corrected chi connectivity index (χ2v) is 12.4. The van der Waals surface area contributed by atoms with Crippen LogP contribution >= 0.6 is 6.64 Å². The first-order valence-electron chi connectivity index (χ1n) is 12.2. The van der Waals surface area contributed by atoms with Crippen molar-refractivity contribution >= 4 is 47.3 Å². The van der Waals surface area contributed by atoms with Gasteiger partial charge >= 0.3 is 12.6 Å². The number of nitrogens with two attached hydrogens (primary N) is 1. The van der Waals surface area contributed by atoms with Gasteiger partial charge in [0.1, 0.15) is 24.0 Å². The minimum absolute atomic E-state index is 0.0437. The highest BCUT2D eigenvalue weighted by molar-refractivity contribution is 8.09. The molecule has 2 fully saturated rings. The van der Waals surface area contributed by atoms with Gasteiger partial charge < -0.3 is 30.2 Å². The Morgan fingerprint density at radius 2 is 2.10 bits per heavy atom. The summed E-state index contributed by atoms with van der Waals surface area (Å²) in [5, 5.41) is 17.2. The number of nitrogens with zero attached hydrogens (tertiary/aromatic N) is 4. The fourth-order valence-corrected chi connectivity index (χ4v) is 7.37. The maximum absolute atomic E-state index is 16.5. The number of rotatable bonds is 10. The molecule has 1 aromatic carbocycles. The zero-order chi connectivity index (χ0) is 28.2. The van der Waals surface area contributed by atoms with E-state index in [1.165, 1.54) is 17.8 Å². The van der Waals surface area contributed by atoms with Crippen molar-refractivity contribution in [3.05, 3.63) is 36.7 Å². The fourth-order valence-electron chi connectivity index (χ4n) is 4.66. The number of ether oxygens (including phenoxy) is 2. The molecule has 5 N–H and O–H groups in total. The van der Waals surface area contributed by atoms with Gasteiger partial charge in [0.15, 0.2) is 34.5 Å². The van der Waals surface area contributed by atoms with Crippen molar-refractivity contribution in [1.29, 1.82) is 0 Å². The largest absolute Gasteiger partial charge is 0.465 e. The van der Waals surface area contributed by atoms with E-state index in [0.29, 0.717) is 17.1 Å². The van der Waals surface area contributed by atoms with Gasteiger partial charge in [0.2, 0.25) is 5.95 Å². The molecule has 0 amide bonds. The molecule has 1 saturated heterocycles. The van der Waals surface area contributed by atoms with E-state index in [1.807, 2.05) is 0 Å². The molecule has 3 heterocycles. The number of carbonyl (C=O) groups excluding carboxylic acids is 1. The number of carbonyl (C=O) groups is 1. The van der Waals surface area contributed by atoms with Gasteiger partial charge in [-0.25, -0.2) is 14.5 Å². The number of halogens is 1. The van der Waals surface area contributed by atoms with E-state index >= 15 is 4.39 Å². The summed E-state index contributed by atoms with van der Waals surface area (Å²) in [6.45, 7) is 1.05. The SMILES string of the molecule is CCOC(=O)[C@@H](C)NP(=S)(Oc1ccccc1)OC1[C@H]2O[C@@H](n3cnc4c(NC)nc(N)nc43)[C@](C)(F)[C@@]12O. The summed E-state index contributed by atoms with van der Waals surface area (Å²) in [4.78, 5) is 24.8. The lowest BCUT2D eigenvalue weighted by molar-refractivity contribution is -0.144. The minimum atomic E-state index is -3.55. The first-order chi connectivity index (χ1) is 18.4. The molecule has 1 aliphatic heterocycles. The van der Waals surface area contributed by atoms with Crippen molar-refractivity contribution in [3.8, 4) is 5.75 Å². The zero-order valence-corrected chi connectivity index (χ0v) is 23.3. The average molecular weight is 582 g/mol. The van der Waals surface area contributed by atoms with Gasteiger partial charge in [0, 0.05) is 7.05 Å². The number of anilines is 2. The number of para-hydroxylation sites is 1. The summed E-state index contributed by atoms with van der Waals surface area (Å²) >= 11 is 5.70. The zero-order valence-electron chi connectivity index (χ0n) is 21.6. The lowest BCUT2D eigenvalue weighted by atomic mass is 9.97. The van der Waals surface area contributed by atoms with Crippen molar-refractivity contribution in [2.45, 2.75) is 56.5 Å². The van der Waals surface area contributed by atoms with E-state index < -0.39 is 48.4 Å². The van der Waals surface area contributed by atoms with Gasteiger partial charge in [-0.2, -0.15) is 9.97 Å². The number of hydrogen-bond acceptors (Lipinski definition) is 12. The predicted molar refractivity (Wildman–Crippen MR) is 143 cm³/mol. The average Bonchev–Trinajstić information content (AvgIpc) is 3.14. The number of benzene rings is 1. The summed E-state index contributed by atoms with van der Waals surface area (Å²) in [5.41, 5.74) is 1.94. The quantitative estimate of drug-likeness (QED) is 0.203. The van der Waals surface area contributed by atoms with Crippen LogP contribution in [0.5, 0.6) is 5.75 Å². The lowest BCUT2D eigenvalue weighted by Crippen LogP contribution is -2.45. The molecule has 3 aromatic rings. The number of imidazole rings is 1. The summed E-state index contributed by atoms with van der Waals surface area (Å²) in [5.74, 6) is 0.118. The van der Waals surface area contributed by atoms with Crippen molar-refractivity contribution in [3.63, 3.8) is 0 Å². The van der Waals surface area contributed by atoms with E-state index in [-0.39, 0.29) is 18.2 Å². The van der Waals surface area contributed by atoms with Crippen molar-refractivity contribution in [1.82, 2.24) is 24.6 Å². The van der Waals surface area contributed by atoms with Crippen LogP contribution in [0, 0.1) is 0 Å². The molecule has 13 nitrogen and oxygen atoms in total. The van der Waals surface area contributed by atoms with Gasteiger partial charge in [-0.15, -0.1) is 0 Å². The Hall–Kier alpha value is -2.94. The van der Waals surface area contributed by atoms with E-state index in [4.69, 9.17) is 36.1 Å². The number of nitrogens with one attached hydrogen (secondary N) is 2. The van der Waals surface area contributed by atoms with Crippen LogP contribution in [-0.2, 0) is 30.6 Å². The number of fused-ring (bicyclic) bond motifs is 2. The highest BCUT2D eigenvalue weighted by Crippen LogP contribution is 2.66. The Balaban J connectivity index is 1.41. The normalized spacial score (nSPS) is 29.8. The summed E-state index contributed by atoms with van der Waals surface area (Å²) in [7, 11) is 1.64. The molecular weight excluding hydrogens is 552 g/mol. The Labute approximate surface area is 228 Å². The molecule has 7 atom stereocenters. The third kappa shape index (κ3) is 4.62. The van der Waals surface area contributed by atoms with Crippen LogP contribution in [0.25, 0.3) is 11.2 Å². The van der Waals surface area contributed by atoms with E-state index in [9.17, 15) is 9.90 Å². The van der Waals surface area contributed by atoms with Crippen molar-refractivity contribution < 1.29 is 32.8 Å². The topological polar surface area (TPSA) is 168 Å². The van der Waals surface area contributed by atoms with Crippen LogP contribution < -0.4 is 20.7 Å². The van der Waals surface area contributed by atoms with Gasteiger partial charge in [-0.3, -0.25) is 13.9 Å². The van der Waals surface area contributed by atoms with Gasteiger partial charge in [0.25, 0.3) is 0 Å². The number of esters is 1. The Kier molecular flexibility index (Phi) is 7.02. The number of alkyl halides is 1. The molecule has 0 bridgehead atoms. The van der Waals surface area contributed by atoms with Crippen LogP contribution in [0.4, 0.5) is 16.2 Å². The first kappa shape index (κ1) is 27.6. The van der Waals surface area contributed by atoms with Gasteiger partial charge in [0.05, 0.1) is 12.9 Å². The summed E-state index contributed by atoms with van der Waals surface area (Å²) in [6.07, 6.45) is -2.25. The Morgan fingerprint density at radius 1 is 1.38 bits per heavy atom. The predicted octanol–water partition coefficient (Wildman–Crippen LogP) is 2.05. The molecule has 2 unspecified atom stereocenters. The lowest BCUT2D eigenvalue weighted by Gasteiger charge is -2.32. The molecule has 0 radical (unpaired) electrons. The van der Waals surface area contributed by atoms with Crippen molar-refractivity contribution in [2.75, 3.05) is 24.7 Å². The second kappa shape index (κ2) is 9.91. The molecule has 16 heteroatoms. The molecule has 210 valence electrons. The maximum atomic E-state index is 16.5. The molecule has 2 aromatic heterocycles. The van der Waals surface area contributed by atoms with Crippen LogP contribution in [0.3, 0.4) is 0 Å². The number of nitrogen functional groups attached to an aromatic ring is 1. The standard InChI is InChI=1S/C23H29FN7O6PS/c1-5-34-19(32)12(2)30-38(39,36-13-9-7-6-8-10-13)37-16-15-23(16,33)22(3,24)20(35-15)31-11-27-14-17(26-4)28-21(25)29-18(14)31/h6-12,15-16,20,33H,5H2,1-4H3,(H,30,39)(H3,25,26,28,29)/t12-,15-,16?,20-,22+,23+,38?/m1/s1. The first-order valence-corrected chi connectivity index (χ1v) is 14.8. The molecule has 1 aliphatic carbocycles. The third-order valence-electron chi connectivity index (χ3n) is 6.70. The highest BCUT2D eigenvalue weighted by Gasteiger charge is 2.85. The van der Waals surface area contributed by atoms with Crippen molar-refractivity contribution in [2.24, 2.45) is 0 Å². The van der Waals surface area contributed by atoms with Crippen LogP contribution in [0.15, 0.2) is 36.7 Å². The molecular formula is C23H29FN7O6PS.